The molecule has 4 aromatic rings. The normalized spacial score (nSPS) is 17.1. The number of fused-ring (bicyclic) bond motifs is 1. The smallest absolute Gasteiger partial charge is 0.130 e. The van der Waals surface area contributed by atoms with Gasteiger partial charge in [0.2, 0.25) is 0 Å². The lowest BCUT2D eigenvalue weighted by Crippen LogP contribution is -2.22. The number of pyridine rings is 1. The second-order valence-corrected chi connectivity index (χ2v) is 6.99. The van der Waals surface area contributed by atoms with Gasteiger partial charge in [-0.3, -0.25) is 4.68 Å². The number of hydrogen-bond acceptors (Lipinski definition) is 5. The standard InChI is InChI=1S/C20H20N6O/c1-24-12-16(11-22-24)14-2-3-15-10-23-26(19(15)8-14)17-4-6-21-20(9-17)25-7-5-18(27)13-25/h2-4,6,8-12,18,27H,5,7,13H2,1H3. The number of β-amino-alcohol motifs (C(OH)–C–C–N with tert-alkyl or cyclic N) is 1. The fourth-order valence-corrected chi connectivity index (χ4v) is 3.64. The zero-order chi connectivity index (χ0) is 18.4. The lowest BCUT2D eigenvalue weighted by Gasteiger charge is -2.17. The van der Waals surface area contributed by atoms with Gasteiger partial charge in [-0.15, -0.1) is 0 Å². The average Bonchev–Trinajstić information content (AvgIpc) is 3.41. The highest BCUT2D eigenvalue weighted by atomic mass is 16.3. The predicted octanol–water partition coefficient (Wildman–Crippen LogP) is 2.39. The van der Waals surface area contributed by atoms with Crippen molar-refractivity contribution in [1.82, 2.24) is 24.5 Å². The molecule has 1 N–H and O–H groups in total. The second kappa shape index (κ2) is 6.21. The molecule has 1 saturated heterocycles. The summed E-state index contributed by atoms with van der Waals surface area (Å²) < 4.78 is 3.74. The Morgan fingerprint density at radius 1 is 1.07 bits per heavy atom. The second-order valence-electron chi connectivity index (χ2n) is 6.99. The first kappa shape index (κ1) is 16.0. The van der Waals surface area contributed by atoms with Gasteiger partial charge in [0.25, 0.3) is 0 Å². The zero-order valence-electron chi connectivity index (χ0n) is 15.0. The van der Waals surface area contributed by atoms with Crippen LogP contribution in [0.2, 0.25) is 0 Å². The fourth-order valence-electron chi connectivity index (χ4n) is 3.64. The van der Waals surface area contributed by atoms with Crippen molar-refractivity contribution >= 4 is 16.7 Å². The van der Waals surface area contributed by atoms with Crippen LogP contribution in [0.1, 0.15) is 6.42 Å². The molecule has 1 atom stereocenters. The van der Waals surface area contributed by atoms with Gasteiger partial charge in [-0.2, -0.15) is 10.2 Å². The molecule has 0 spiro atoms. The van der Waals surface area contributed by atoms with E-state index in [1.54, 1.807) is 10.9 Å². The van der Waals surface area contributed by atoms with Gasteiger partial charge in [-0.05, 0) is 24.1 Å². The Balaban J connectivity index is 1.57. The molecule has 1 aromatic carbocycles. The number of aliphatic hydroxyl groups excluding tert-OH is 1. The summed E-state index contributed by atoms with van der Waals surface area (Å²) in [6.45, 7) is 1.45. The number of aromatic nitrogens is 5. The largest absolute Gasteiger partial charge is 0.391 e. The lowest BCUT2D eigenvalue weighted by atomic mass is 10.1. The fraction of sp³-hybridized carbons (Fsp3) is 0.250. The van der Waals surface area contributed by atoms with Gasteiger partial charge in [0.05, 0.1) is 29.7 Å². The Labute approximate surface area is 156 Å². The third-order valence-corrected chi connectivity index (χ3v) is 5.07. The zero-order valence-corrected chi connectivity index (χ0v) is 15.0. The van der Waals surface area contributed by atoms with Gasteiger partial charge >= 0.3 is 0 Å². The first-order valence-electron chi connectivity index (χ1n) is 9.04. The van der Waals surface area contributed by atoms with E-state index in [9.17, 15) is 5.11 Å². The van der Waals surface area contributed by atoms with Crippen molar-refractivity contribution in [3.05, 3.63) is 55.1 Å². The Hall–Kier alpha value is -3.19. The SMILES string of the molecule is Cn1cc(-c2ccc3cnn(-c4ccnc(N5CCC(O)C5)c4)c3c2)cn1. The number of aliphatic hydroxyl groups is 1. The van der Waals surface area contributed by atoms with E-state index in [0.29, 0.717) is 6.54 Å². The first-order chi connectivity index (χ1) is 13.2. The van der Waals surface area contributed by atoms with E-state index in [2.05, 4.69) is 38.3 Å². The van der Waals surface area contributed by atoms with E-state index < -0.39 is 0 Å². The van der Waals surface area contributed by atoms with E-state index in [1.165, 1.54) is 0 Å². The highest BCUT2D eigenvalue weighted by Gasteiger charge is 2.21. The van der Waals surface area contributed by atoms with Gasteiger partial charge in [0.15, 0.2) is 0 Å². The van der Waals surface area contributed by atoms with Crippen molar-refractivity contribution in [2.45, 2.75) is 12.5 Å². The summed E-state index contributed by atoms with van der Waals surface area (Å²) in [4.78, 5) is 6.59. The van der Waals surface area contributed by atoms with E-state index in [0.717, 1.165) is 46.5 Å². The number of hydrogen-bond donors (Lipinski definition) is 1. The topological polar surface area (TPSA) is 72.0 Å². The van der Waals surface area contributed by atoms with E-state index >= 15 is 0 Å². The molecular weight excluding hydrogens is 340 g/mol. The van der Waals surface area contributed by atoms with Gasteiger partial charge in [0, 0.05) is 49.5 Å². The number of rotatable bonds is 3. The maximum atomic E-state index is 9.80. The highest BCUT2D eigenvalue weighted by molar-refractivity contribution is 5.85. The van der Waals surface area contributed by atoms with Crippen LogP contribution < -0.4 is 4.90 Å². The van der Waals surface area contributed by atoms with Crippen molar-refractivity contribution in [2.24, 2.45) is 7.05 Å². The maximum absolute atomic E-state index is 9.80. The molecule has 3 aromatic heterocycles. The molecular formula is C20H20N6O. The van der Waals surface area contributed by atoms with Crippen molar-refractivity contribution in [1.29, 1.82) is 0 Å². The Bertz CT molecular complexity index is 1110. The quantitative estimate of drug-likeness (QED) is 0.607. The minimum absolute atomic E-state index is 0.275. The van der Waals surface area contributed by atoms with Crippen LogP contribution in [0.3, 0.4) is 0 Å². The summed E-state index contributed by atoms with van der Waals surface area (Å²) in [7, 11) is 1.92. The highest BCUT2D eigenvalue weighted by Crippen LogP contribution is 2.27. The lowest BCUT2D eigenvalue weighted by molar-refractivity contribution is 0.198. The molecule has 1 unspecified atom stereocenters. The van der Waals surface area contributed by atoms with Crippen LogP contribution in [-0.2, 0) is 7.05 Å². The van der Waals surface area contributed by atoms with Gasteiger partial charge in [0.1, 0.15) is 5.82 Å². The van der Waals surface area contributed by atoms with Gasteiger partial charge in [-0.25, -0.2) is 9.67 Å². The van der Waals surface area contributed by atoms with E-state index in [1.807, 2.05) is 42.5 Å². The summed E-state index contributed by atoms with van der Waals surface area (Å²) in [6.07, 6.45) is 8.06. The molecule has 0 aliphatic carbocycles. The molecule has 4 heterocycles. The van der Waals surface area contributed by atoms with Crippen molar-refractivity contribution < 1.29 is 5.11 Å². The van der Waals surface area contributed by atoms with E-state index in [-0.39, 0.29) is 6.10 Å². The molecule has 7 heteroatoms. The number of anilines is 1. The minimum atomic E-state index is -0.275. The molecule has 0 amide bonds. The molecule has 1 fully saturated rings. The minimum Gasteiger partial charge on any atom is -0.391 e. The average molecular weight is 360 g/mol. The number of benzene rings is 1. The van der Waals surface area contributed by atoms with Crippen LogP contribution >= 0.6 is 0 Å². The molecule has 0 saturated carbocycles. The molecule has 0 bridgehead atoms. The molecule has 7 nitrogen and oxygen atoms in total. The molecule has 1 aliphatic rings. The number of nitrogens with zero attached hydrogens (tertiary/aromatic N) is 6. The Morgan fingerprint density at radius 3 is 2.78 bits per heavy atom. The summed E-state index contributed by atoms with van der Waals surface area (Å²) in [5, 5.41) is 19.7. The van der Waals surface area contributed by atoms with Crippen LogP contribution in [0.4, 0.5) is 5.82 Å². The maximum Gasteiger partial charge on any atom is 0.130 e. The number of aryl methyl sites for hydroxylation is 1. The van der Waals surface area contributed by atoms with Gasteiger partial charge in [-0.1, -0.05) is 12.1 Å². The van der Waals surface area contributed by atoms with Crippen LogP contribution in [0.25, 0.3) is 27.7 Å². The van der Waals surface area contributed by atoms with E-state index in [4.69, 9.17) is 0 Å². The summed E-state index contributed by atoms with van der Waals surface area (Å²) in [6, 6.07) is 10.3. The Morgan fingerprint density at radius 2 is 2.00 bits per heavy atom. The molecule has 1 aliphatic heterocycles. The molecule has 5 rings (SSSR count). The monoisotopic (exact) mass is 360 g/mol. The first-order valence-corrected chi connectivity index (χ1v) is 9.04. The summed E-state index contributed by atoms with van der Waals surface area (Å²) >= 11 is 0. The molecule has 0 radical (unpaired) electrons. The van der Waals surface area contributed by atoms with Crippen LogP contribution in [0.15, 0.2) is 55.1 Å². The van der Waals surface area contributed by atoms with Gasteiger partial charge < -0.3 is 10.0 Å². The van der Waals surface area contributed by atoms with Crippen LogP contribution in [-0.4, -0.2) is 48.8 Å². The molecule has 136 valence electrons. The third kappa shape index (κ3) is 2.86. The van der Waals surface area contributed by atoms with Crippen LogP contribution in [0.5, 0.6) is 0 Å². The van der Waals surface area contributed by atoms with Crippen molar-refractivity contribution in [3.63, 3.8) is 0 Å². The third-order valence-electron chi connectivity index (χ3n) is 5.07. The predicted molar refractivity (Wildman–Crippen MR) is 104 cm³/mol. The Kier molecular flexibility index (Phi) is 3.68. The summed E-state index contributed by atoms with van der Waals surface area (Å²) in [5.41, 5.74) is 4.18. The summed E-state index contributed by atoms with van der Waals surface area (Å²) in [5.74, 6) is 0.871. The van der Waals surface area contributed by atoms with Crippen LogP contribution in [0, 0.1) is 0 Å². The molecule has 27 heavy (non-hydrogen) atoms. The van der Waals surface area contributed by atoms with Crippen molar-refractivity contribution in [2.75, 3.05) is 18.0 Å². The van der Waals surface area contributed by atoms with Crippen molar-refractivity contribution in [3.8, 4) is 16.8 Å².